The summed E-state index contributed by atoms with van der Waals surface area (Å²) in [6.45, 7) is 0. The summed E-state index contributed by atoms with van der Waals surface area (Å²) in [7, 11) is 0. The summed E-state index contributed by atoms with van der Waals surface area (Å²) < 4.78 is 0. The van der Waals surface area contributed by atoms with E-state index in [1.54, 1.807) is 24.3 Å². The first kappa shape index (κ1) is 10.6. The molecule has 0 aliphatic heterocycles. The molecule has 1 aromatic heterocycles. The van der Waals surface area contributed by atoms with Gasteiger partial charge in [-0.2, -0.15) is 4.99 Å². The molecular weight excluding hydrogens is 224 g/mol. The van der Waals surface area contributed by atoms with E-state index < -0.39 is 0 Å². The summed E-state index contributed by atoms with van der Waals surface area (Å²) in [5, 5.41) is 0.686. The highest BCUT2D eigenvalue weighted by atomic mass is 35.5. The molecule has 0 spiro atoms. The lowest BCUT2D eigenvalue weighted by molar-refractivity contribution is 0.565. The molecule has 0 bridgehead atoms. The third-order valence-corrected chi connectivity index (χ3v) is 2.31. The summed E-state index contributed by atoms with van der Waals surface area (Å²) >= 11 is 5.79. The Bertz CT molecular complexity index is 528. The van der Waals surface area contributed by atoms with Crippen molar-refractivity contribution in [1.82, 2.24) is 4.98 Å². The maximum atomic E-state index is 10.0. The van der Waals surface area contributed by atoms with Gasteiger partial charge in [-0.3, -0.25) is 4.98 Å². The smallest absolute Gasteiger partial charge is 0.240 e. The van der Waals surface area contributed by atoms with E-state index in [4.69, 9.17) is 11.6 Å². The van der Waals surface area contributed by atoms with Crippen molar-refractivity contribution in [3.05, 3.63) is 47.6 Å². The van der Waals surface area contributed by atoms with E-state index in [1.807, 2.05) is 12.1 Å². The second-order valence-corrected chi connectivity index (χ2v) is 3.55. The SMILES string of the molecule is O=C=Nc1ccc(-c2ccc(Cl)cc2)nc1. The molecule has 0 saturated heterocycles. The predicted octanol–water partition coefficient (Wildman–Crippen LogP) is 3.37. The number of hydrogen-bond donors (Lipinski definition) is 0. The van der Waals surface area contributed by atoms with Crippen LogP contribution in [0.15, 0.2) is 47.6 Å². The molecule has 0 saturated carbocycles. The van der Waals surface area contributed by atoms with Gasteiger partial charge in [0.05, 0.1) is 17.6 Å². The van der Waals surface area contributed by atoms with Crippen molar-refractivity contribution in [2.24, 2.45) is 4.99 Å². The van der Waals surface area contributed by atoms with Crippen molar-refractivity contribution in [3.63, 3.8) is 0 Å². The number of rotatable bonds is 2. The van der Waals surface area contributed by atoms with Crippen LogP contribution in [0.4, 0.5) is 5.69 Å². The van der Waals surface area contributed by atoms with Crippen LogP contribution in [0.5, 0.6) is 0 Å². The van der Waals surface area contributed by atoms with Crippen LogP contribution in [-0.2, 0) is 4.79 Å². The Kier molecular flexibility index (Phi) is 3.10. The van der Waals surface area contributed by atoms with Gasteiger partial charge in [-0.25, -0.2) is 4.79 Å². The molecule has 0 radical (unpaired) electrons. The molecule has 2 aromatic rings. The zero-order chi connectivity index (χ0) is 11.4. The van der Waals surface area contributed by atoms with Crippen LogP contribution < -0.4 is 0 Å². The minimum atomic E-state index is 0.493. The van der Waals surface area contributed by atoms with Gasteiger partial charge in [-0.05, 0) is 24.3 Å². The summed E-state index contributed by atoms with van der Waals surface area (Å²) in [6, 6.07) is 10.9. The number of hydrogen-bond acceptors (Lipinski definition) is 3. The average molecular weight is 231 g/mol. The van der Waals surface area contributed by atoms with Crippen molar-refractivity contribution in [2.75, 3.05) is 0 Å². The topological polar surface area (TPSA) is 42.3 Å². The number of carbonyl (C=O) groups excluding carboxylic acids is 1. The van der Waals surface area contributed by atoms with Gasteiger partial charge in [0.2, 0.25) is 6.08 Å². The second kappa shape index (κ2) is 4.71. The van der Waals surface area contributed by atoms with Gasteiger partial charge in [0.25, 0.3) is 0 Å². The number of pyridine rings is 1. The molecule has 4 heteroatoms. The van der Waals surface area contributed by atoms with Crippen molar-refractivity contribution in [1.29, 1.82) is 0 Å². The summed E-state index contributed by atoms with van der Waals surface area (Å²) in [5.74, 6) is 0. The van der Waals surface area contributed by atoms with E-state index in [0.29, 0.717) is 10.7 Å². The highest BCUT2D eigenvalue weighted by molar-refractivity contribution is 6.30. The normalized spacial score (nSPS) is 9.56. The van der Waals surface area contributed by atoms with E-state index in [9.17, 15) is 4.79 Å². The Morgan fingerprint density at radius 2 is 1.88 bits per heavy atom. The van der Waals surface area contributed by atoms with Crippen molar-refractivity contribution >= 4 is 23.4 Å². The van der Waals surface area contributed by atoms with Crippen LogP contribution in [0.1, 0.15) is 0 Å². The Labute approximate surface area is 97.4 Å². The molecule has 2 rings (SSSR count). The molecule has 78 valence electrons. The predicted molar refractivity (Wildman–Crippen MR) is 62.5 cm³/mol. The Hall–Kier alpha value is -1.96. The van der Waals surface area contributed by atoms with Crippen LogP contribution in [-0.4, -0.2) is 11.1 Å². The summed E-state index contributed by atoms with van der Waals surface area (Å²) in [6.07, 6.45) is 2.99. The van der Waals surface area contributed by atoms with Gasteiger partial charge in [0.15, 0.2) is 0 Å². The first-order chi connectivity index (χ1) is 7.79. The highest BCUT2D eigenvalue weighted by Gasteiger charge is 1.98. The molecule has 0 fully saturated rings. The van der Waals surface area contributed by atoms with Crippen LogP contribution in [0.3, 0.4) is 0 Å². The first-order valence-corrected chi connectivity index (χ1v) is 4.97. The van der Waals surface area contributed by atoms with Crippen LogP contribution in [0.2, 0.25) is 5.02 Å². The molecule has 0 unspecified atom stereocenters. The van der Waals surface area contributed by atoms with E-state index in [-0.39, 0.29) is 0 Å². The van der Waals surface area contributed by atoms with E-state index in [1.165, 1.54) is 12.3 Å². The van der Waals surface area contributed by atoms with Gasteiger partial charge < -0.3 is 0 Å². The van der Waals surface area contributed by atoms with E-state index in [2.05, 4.69) is 9.98 Å². The molecule has 1 aromatic carbocycles. The molecule has 0 aliphatic rings. The highest BCUT2D eigenvalue weighted by Crippen LogP contribution is 2.21. The Morgan fingerprint density at radius 1 is 1.12 bits per heavy atom. The fraction of sp³-hybridized carbons (Fsp3) is 0. The van der Waals surface area contributed by atoms with Crippen molar-refractivity contribution < 1.29 is 4.79 Å². The van der Waals surface area contributed by atoms with Gasteiger partial charge in [0, 0.05) is 10.6 Å². The number of halogens is 1. The Balaban J connectivity index is 2.34. The van der Waals surface area contributed by atoms with Crippen LogP contribution >= 0.6 is 11.6 Å². The molecule has 0 N–H and O–H groups in total. The fourth-order valence-electron chi connectivity index (χ4n) is 1.30. The standard InChI is InChI=1S/C12H7ClN2O/c13-10-3-1-9(2-4-10)12-6-5-11(7-14-12)15-8-16/h1-7H. The van der Waals surface area contributed by atoms with Gasteiger partial charge >= 0.3 is 0 Å². The molecule has 0 aliphatic carbocycles. The summed E-state index contributed by atoms with van der Waals surface area (Å²) in [5.41, 5.74) is 2.26. The number of aromatic nitrogens is 1. The van der Waals surface area contributed by atoms with Crippen molar-refractivity contribution in [2.45, 2.75) is 0 Å². The van der Waals surface area contributed by atoms with Gasteiger partial charge in [-0.1, -0.05) is 23.7 Å². The molecule has 16 heavy (non-hydrogen) atoms. The van der Waals surface area contributed by atoms with E-state index >= 15 is 0 Å². The number of nitrogens with zero attached hydrogens (tertiary/aromatic N) is 2. The quantitative estimate of drug-likeness (QED) is 0.586. The fourth-order valence-corrected chi connectivity index (χ4v) is 1.42. The molecular formula is C12H7ClN2O. The lowest BCUT2D eigenvalue weighted by Crippen LogP contribution is -1.81. The molecule has 3 nitrogen and oxygen atoms in total. The molecule has 1 heterocycles. The minimum Gasteiger partial charge on any atom is -0.254 e. The molecule has 0 amide bonds. The van der Waals surface area contributed by atoms with Crippen LogP contribution in [0.25, 0.3) is 11.3 Å². The third-order valence-electron chi connectivity index (χ3n) is 2.06. The maximum absolute atomic E-state index is 10.0. The van der Waals surface area contributed by atoms with Gasteiger partial charge in [0.1, 0.15) is 0 Å². The zero-order valence-corrected chi connectivity index (χ0v) is 8.98. The maximum Gasteiger partial charge on any atom is 0.240 e. The Morgan fingerprint density at radius 3 is 2.44 bits per heavy atom. The third kappa shape index (κ3) is 2.34. The van der Waals surface area contributed by atoms with Crippen LogP contribution in [0, 0.1) is 0 Å². The lowest BCUT2D eigenvalue weighted by Gasteiger charge is -2.00. The summed E-state index contributed by atoms with van der Waals surface area (Å²) in [4.78, 5) is 17.7. The number of benzene rings is 1. The van der Waals surface area contributed by atoms with Gasteiger partial charge in [-0.15, -0.1) is 0 Å². The molecule has 0 atom stereocenters. The monoisotopic (exact) mass is 230 g/mol. The second-order valence-electron chi connectivity index (χ2n) is 3.11. The largest absolute Gasteiger partial charge is 0.254 e. The average Bonchev–Trinajstić information content (AvgIpc) is 2.32. The zero-order valence-electron chi connectivity index (χ0n) is 8.22. The number of isocyanates is 1. The number of aliphatic imine (C=N–C) groups is 1. The minimum absolute atomic E-state index is 0.493. The first-order valence-electron chi connectivity index (χ1n) is 4.59. The van der Waals surface area contributed by atoms with Crippen molar-refractivity contribution in [3.8, 4) is 11.3 Å². The van der Waals surface area contributed by atoms with E-state index in [0.717, 1.165) is 11.3 Å². The lowest BCUT2D eigenvalue weighted by atomic mass is 10.1.